The summed E-state index contributed by atoms with van der Waals surface area (Å²) in [6, 6.07) is 6.12. The van der Waals surface area contributed by atoms with Crippen LogP contribution in [0.5, 0.6) is 11.5 Å². The minimum absolute atomic E-state index is 0.122. The minimum Gasteiger partial charge on any atom is -0.454 e. The maximum atomic E-state index is 12.4. The van der Waals surface area contributed by atoms with Gasteiger partial charge in [0.1, 0.15) is 0 Å². The van der Waals surface area contributed by atoms with Crippen molar-refractivity contribution in [2.75, 3.05) is 27.4 Å². The molecule has 0 radical (unpaired) electrons. The van der Waals surface area contributed by atoms with E-state index in [1.165, 1.54) is 19.3 Å². The van der Waals surface area contributed by atoms with Gasteiger partial charge in [0.2, 0.25) is 12.7 Å². The van der Waals surface area contributed by atoms with Crippen LogP contribution in [0.25, 0.3) is 0 Å². The zero-order valence-corrected chi connectivity index (χ0v) is 14.0. The summed E-state index contributed by atoms with van der Waals surface area (Å²) < 4.78 is 10.8. The number of amides is 1. The lowest BCUT2D eigenvalue weighted by Gasteiger charge is -2.27. The molecule has 3 rings (SSSR count). The van der Waals surface area contributed by atoms with Gasteiger partial charge in [-0.3, -0.25) is 4.79 Å². The van der Waals surface area contributed by atoms with Crippen LogP contribution < -0.4 is 14.8 Å². The summed E-state index contributed by atoms with van der Waals surface area (Å²) in [5.74, 6) is 1.98. The summed E-state index contributed by atoms with van der Waals surface area (Å²) in [4.78, 5) is 14.5. The number of likely N-dealkylation sites (N-methyl/N-ethyl adjacent to an activating group) is 1. The number of carbonyl (C=O) groups excluding carboxylic acids is 1. The van der Waals surface area contributed by atoms with Gasteiger partial charge < -0.3 is 19.7 Å². The molecule has 2 aliphatic rings. The van der Waals surface area contributed by atoms with Gasteiger partial charge >= 0.3 is 0 Å². The second kappa shape index (κ2) is 7.21. The van der Waals surface area contributed by atoms with Gasteiger partial charge in [0.15, 0.2) is 11.5 Å². The molecule has 5 nitrogen and oxygen atoms in total. The van der Waals surface area contributed by atoms with Crippen molar-refractivity contribution < 1.29 is 14.3 Å². The first-order chi connectivity index (χ1) is 11.1. The second-order valence-electron chi connectivity index (χ2n) is 6.67. The molecule has 23 heavy (non-hydrogen) atoms. The fourth-order valence-electron chi connectivity index (χ4n) is 3.43. The molecule has 126 valence electrons. The Morgan fingerprint density at radius 3 is 2.70 bits per heavy atom. The largest absolute Gasteiger partial charge is 0.454 e. The molecule has 0 saturated heterocycles. The molecule has 1 amide bonds. The summed E-state index contributed by atoms with van der Waals surface area (Å²) in [5.41, 5.74) is 1.13. The highest BCUT2D eigenvalue weighted by Gasteiger charge is 2.24. The molecule has 1 saturated carbocycles. The first kappa shape index (κ1) is 16.1. The highest BCUT2D eigenvalue weighted by atomic mass is 16.7. The molecule has 1 fully saturated rings. The number of hydrogen-bond acceptors (Lipinski definition) is 4. The molecule has 1 aromatic rings. The Morgan fingerprint density at radius 2 is 1.96 bits per heavy atom. The van der Waals surface area contributed by atoms with E-state index >= 15 is 0 Å². The van der Waals surface area contributed by atoms with Gasteiger partial charge in [-0.25, -0.2) is 0 Å². The number of hydrogen-bond donors (Lipinski definition) is 1. The number of ether oxygens (including phenoxy) is 2. The predicted molar refractivity (Wildman–Crippen MR) is 88.6 cm³/mol. The second-order valence-corrected chi connectivity index (χ2v) is 6.67. The highest BCUT2D eigenvalue weighted by Crippen LogP contribution is 2.35. The van der Waals surface area contributed by atoms with Crippen LogP contribution in [0.1, 0.15) is 43.7 Å². The van der Waals surface area contributed by atoms with Crippen molar-refractivity contribution in [3.63, 3.8) is 0 Å². The average Bonchev–Trinajstić information content (AvgIpc) is 3.03. The Morgan fingerprint density at radius 1 is 1.22 bits per heavy atom. The lowest BCUT2D eigenvalue weighted by molar-refractivity contribution is -0.126. The van der Waals surface area contributed by atoms with Crippen LogP contribution in [0.15, 0.2) is 18.2 Å². The summed E-state index contributed by atoms with van der Waals surface area (Å²) in [6.07, 6.45) is 5.68. The number of carbonyl (C=O) groups is 1. The van der Waals surface area contributed by atoms with Crippen LogP contribution in [-0.4, -0.2) is 38.2 Å². The zero-order valence-electron chi connectivity index (χ0n) is 14.0. The van der Waals surface area contributed by atoms with E-state index in [4.69, 9.17) is 9.47 Å². The van der Waals surface area contributed by atoms with E-state index in [0.29, 0.717) is 6.54 Å². The first-order valence-electron chi connectivity index (χ1n) is 8.49. The smallest absolute Gasteiger partial charge is 0.231 e. The Hall–Kier alpha value is -1.75. The van der Waals surface area contributed by atoms with E-state index in [0.717, 1.165) is 29.9 Å². The average molecular weight is 318 g/mol. The van der Waals surface area contributed by atoms with Crippen LogP contribution in [0, 0.1) is 5.92 Å². The third-order valence-electron chi connectivity index (χ3n) is 4.85. The van der Waals surface area contributed by atoms with Crippen molar-refractivity contribution in [1.29, 1.82) is 0 Å². The van der Waals surface area contributed by atoms with E-state index in [1.54, 1.807) is 0 Å². The fourth-order valence-corrected chi connectivity index (χ4v) is 3.43. The molecule has 0 aromatic heterocycles. The monoisotopic (exact) mass is 318 g/mol. The van der Waals surface area contributed by atoms with Gasteiger partial charge in [0.05, 0.1) is 6.04 Å². The maximum absolute atomic E-state index is 12.4. The molecule has 1 atom stereocenters. The third kappa shape index (κ3) is 3.78. The van der Waals surface area contributed by atoms with Crippen LogP contribution in [0.4, 0.5) is 0 Å². The van der Waals surface area contributed by atoms with E-state index in [1.807, 2.05) is 32.3 Å². The molecule has 5 heteroatoms. The van der Waals surface area contributed by atoms with Crippen LogP contribution >= 0.6 is 0 Å². The van der Waals surface area contributed by atoms with Crippen molar-refractivity contribution in [2.24, 2.45) is 5.92 Å². The van der Waals surface area contributed by atoms with E-state index in [-0.39, 0.29) is 24.7 Å². The molecule has 0 unspecified atom stereocenters. The molecular formula is C18H26N2O3. The van der Waals surface area contributed by atoms with E-state index in [2.05, 4.69) is 10.2 Å². The minimum atomic E-state index is 0.122. The number of benzene rings is 1. The van der Waals surface area contributed by atoms with E-state index in [9.17, 15) is 4.79 Å². The number of rotatable bonds is 5. The van der Waals surface area contributed by atoms with Gasteiger partial charge in [0.25, 0.3) is 0 Å². The van der Waals surface area contributed by atoms with Gasteiger partial charge in [-0.1, -0.05) is 25.3 Å². The Labute approximate surface area is 137 Å². The summed E-state index contributed by atoms with van der Waals surface area (Å²) in [5, 5.41) is 3.15. The summed E-state index contributed by atoms with van der Waals surface area (Å²) in [6.45, 7) is 0.895. The molecule has 1 heterocycles. The SMILES string of the molecule is CN(C)[C@H](CNC(=O)C1CCCCC1)c1ccc2c(c1)OCO2. The molecular weight excluding hydrogens is 292 g/mol. The van der Waals surface area contributed by atoms with Gasteiger partial charge in [-0.2, -0.15) is 0 Å². The number of nitrogens with zero attached hydrogens (tertiary/aromatic N) is 1. The summed E-state index contributed by atoms with van der Waals surface area (Å²) >= 11 is 0. The van der Waals surface area contributed by atoms with E-state index < -0.39 is 0 Å². The van der Waals surface area contributed by atoms with Crippen LogP contribution in [-0.2, 0) is 4.79 Å². The first-order valence-corrected chi connectivity index (χ1v) is 8.49. The number of nitrogens with one attached hydrogen (secondary N) is 1. The van der Waals surface area contributed by atoms with Gasteiger partial charge in [0, 0.05) is 12.5 Å². The molecule has 1 aliphatic carbocycles. The highest BCUT2D eigenvalue weighted by molar-refractivity contribution is 5.78. The molecule has 0 bridgehead atoms. The van der Waals surface area contributed by atoms with Crippen molar-refractivity contribution in [2.45, 2.75) is 38.1 Å². The Bertz CT molecular complexity index is 553. The fraction of sp³-hybridized carbons (Fsp3) is 0.611. The van der Waals surface area contributed by atoms with Crippen molar-refractivity contribution in [1.82, 2.24) is 10.2 Å². The molecule has 1 N–H and O–H groups in total. The van der Waals surface area contributed by atoms with Gasteiger partial charge in [-0.15, -0.1) is 0 Å². The maximum Gasteiger partial charge on any atom is 0.231 e. The van der Waals surface area contributed by atoms with Crippen LogP contribution in [0.2, 0.25) is 0 Å². The van der Waals surface area contributed by atoms with Gasteiger partial charge in [-0.05, 0) is 44.6 Å². The summed E-state index contributed by atoms with van der Waals surface area (Å²) in [7, 11) is 4.06. The zero-order chi connectivity index (χ0) is 16.2. The Balaban J connectivity index is 1.63. The standard InChI is InChI=1S/C18H26N2O3/c1-20(2)15(11-19-18(21)13-6-4-3-5-7-13)14-8-9-16-17(10-14)23-12-22-16/h8-10,13,15H,3-7,11-12H2,1-2H3,(H,19,21)/t15-/m1/s1. The topological polar surface area (TPSA) is 50.8 Å². The lowest BCUT2D eigenvalue weighted by atomic mass is 9.88. The lowest BCUT2D eigenvalue weighted by Crippen LogP contribution is -2.38. The Kier molecular flexibility index (Phi) is 5.06. The quantitative estimate of drug-likeness (QED) is 0.907. The molecule has 1 aromatic carbocycles. The number of fused-ring (bicyclic) bond motifs is 1. The predicted octanol–water partition coefficient (Wildman–Crippen LogP) is 2.71. The third-order valence-corrected chi connectivity index (χ3v) is 4.85. The van der Waals surface area contributed by atoms with Crippen molar-refractivity contribution in [3.8, 4) is 11.5 Å². The molecule has 1 aliphatic heterocycles. The van der Waals surface area contributed by atoms with Crippen LogP contribution in [0.3, 0.4) is 0 Å². The van der Waals surface area contributed by atoms with Crippen molar-refractivity contribution in [3.05, 3.63) is 23.8 Å². The normalized spacial score (nSPS) is 18.9. The molecule has 0 spiro atoms. The van der Waals surface area contributed by atoms with Crippen molar-refractivity contribution >= 4 is 5.91 Å².